The van der Waals surface area contributed by atoms with Gasteiger partial charge < -0.3 is 10.6 Å². The summed E-state index contributed by atoms with van der Waals surface area (Å²) in [7, 11) is 0. The van der Waals surface area contributed by atoms with Crippen molar-refractivity contribution < 1.29 is 22.8 Å². The molecule has 1 aromatic heterocycles. The van der Waals surface area contributed by atoms with Crippen molar-refractivity contribution in [2.45, 2.75) is 11.7 Å². The SMILES string of the molecule is O=C(N[C@]1(C(F)(F)F)C(=O)Nc2c1c(=O)[nH]c(=O)n2-c1ccccc1)c1ccccc1Cl. The van der Waals surface area contributed by atoms with E-state index in [-0.39, 0.29) is 16.3 Å². The molecule has 0 aliphatic carbocycles. The van der Waals surface area contributed by atoms with Gasteiger partial charge in [0.05, 0.1) is 16.3 Å². The molecule has 0 spiro atoms. The van der Waals surface area contributed by atoms with Gasteiger partial charge in [0, 0.05) is 0 Å². The second-order valence-corrected chi connectivity index (χ2v) is 7.20. The number of para-hydroxylation sites is 1. The van der Waals surface area contributed by atoms with E-state index >= 15 is 0 Å². The van der Waals surface area contributed by atoms with Gasteiger partial charge in [-0.1, -0.05) is 41.9 Å². The highest BCUT2D eigenvalue weighted by Crippen LogP contribution is 2.45. The third kappa shape index (κ3) is 3.09. The molecule has 0 saturated heterocycles. The predicted molar refractivity (Wildman–Crippen MR) is 108 cm³/mol. The number of nitrogens with one attached hydrogen (secondary N) is 3. The second kappa shape index (κ2) is 7.38. The van der Waals surface area contributed by atoms with Gasteiger partial charge in [-0.25, -0.2) is 9.36 Å². The normalized spacial score (nSPS) is 17.6. The van der Waals surface area contributed by atoms with Crippen LogP contribution >= 0.6 is 11.6 Å². The fourth-order valence-electron chi connectivity index (χ4n) is 3.48. The maximum atomic E-state index is 14.4. The average Bonchev–Trinajstić information content (AvgIpc) is 3.02. The van der Waals surface area contributed by atoms with Gasteiger partial charge in [-0.3, -0.25) is 19.4 Å². The minimum atomic E-state index is -5.45. The number of aromatic nitrogens is 2. The fourth-order valence-corrected chi connectivity index (χ4v) is 3.71. The molecule has 1 aliphatic rings. The van der Waals surface area contributed by atoms with Crippen molar-refractivity contribution in [2.75, 3.05) is 5.32 Å². The molecular formula is C20H12ClF3N4O4. The number of benzene rings is 2. The van der Waals surface area contributed by atoms with Crippen molar-refractivity contribution in [3.63, 3.8) is 0 Å². The Morgan fingerprint density at radius 3 is 2.25 bits per heavy atom. The molecule has 2 amide bonds. The number of amides is 2. The van der Waals surface area contributed by atoms with Crippen LogP contribution in [0.3, 0.4) is 0 Å². The quantitative estimate of drug-likeness (QED) is 0.552. The van der Waals surface area contributed by atoms with Gasteiger partial charge in [-0.05, 0) is 24.3 Å². The van der Waals surface area contributed by atoms with E-state index in [1.165, 1.54) is 42.5 Å². The maximum absolute atomic E-state index is 14.4. The summed E-state index contributed by atoms with van der Waals surface area (Å²) in [5, 5.41) is 3.43. The van der Waals surface area contributed by atoms with Crippen LogP contribution in [0.15, 0.2) is 64.2 Å². The molecule has 1 aliphatic heterocycles. The molecule has 12 heteroatoms. The van der Waals surface area contributed by atoms with Crippen molar-refractivity contribution in [1.82, 2.24) is 14.9 Å². The number of alkyl halides is 3. The fraction of sp³-hybridized carbons (Fsp3) is 0.100. The second-order valence-electron chi connectivity index (χ2n) is 6.79. The number of nitrogens with zero attached hydrogens (tertiary/aromatic N) is 1. The molecule has 0 fully saturated rings. The molecule has 2 aromatic carbocycles. The van der Waals surface area contributed by atoms with Gasteiger partial charge in [-0.15, -0.1) is 0 Å². The topological polar surface area (TPSA) is 113 Å². The van der Waals surface area contributed by atoms with Gasteiger partial charge >= 0.3 is 11.9 Å². The van der Waals surface area contributed by atoms with E-state index < -0.39 is 46.2 Å². The molecule has 2 heterocycles. The van der Waals surface area contributed by atoms with E-state index in [1.807, 2.05) is 5.32 Å². The number of carbonyl (C=O) groups is 2. The zero-order valence-electron chi connectivity index (χ0n) is 15.8. The highest BCUT2D eigenvalue weighted by molar-refractivity contribution is 6.34. The van der Waals surface area contributed by atoms with Crippen molar-refractivity contribution >= 4 is 29.2 Å². The van der Waals surface area contributed by atoms with Crippen LogP contribution in [0.5, 0.6) is 0 Å². The van der Waals surface area contributed by atoms with Gasteiger partial charge in [0.1, 0.15) is 11.4 Å². The van der Waals surface area contributed by atoms with Crippen LogP contribution in [0.1, 0.15) is 15.9 Å². The van der Waals surface area contributed by atoms with Crippen molar-refractivity contribution in [2.24, 2.45) is 0 Å². The minimum absolute atomic E-state index is 0.0840. The van der Waals surface area contributed by atoms with E-state index in [2.05, 4.69) is 0 Å². The number of fused-ring (bicyclic) bond motifs is 1. The lowest BCUT2D eigenvalue weighted by Crippen LogP contribution is -2.62. The Kier molecular flexibility index (Phi) is 4.93. The molecule has 164 valence electrons. The molecule has 32 heavy (non-hydrogen) atoms. The van der Waals surface area contributed by atoms with Crippen LogP contribution in [0.2, 0.25) is 5.02 Å². The Balaban J connectivity index is 1.99. The zero-order valence-corrected chi connectivity index (χ0v) is 16.5. The third-order valence-electron chi connectivity index (χ3n) is 4.92. The Labute approximate surface area is 181 Å². The standard InChI is InChI=1S/C20H12ClF3N4O4/c21-12-9-5-4-8-11(12)15(29)27-19(20(22,23)24)13-14(25-17(19)31)28(18(32)26-16(13)30)10-6-2-1-3-7-10/h1-9H,(H,25,31)(H,27,29)(H,26,30,32)/t19-/m0/s1. The maximum Gasteiger partial charge on any atom is 0.425 e. The summed E-state index contributed by atoms with van der Waals surface area (Å²) >= 11 is 5.90. The van der Waals surface area contributed by atoms with Gasteiger partial charge in [0.2, 0.25) is 0 Å². The minimum Gasteiger partial charge on any atom is -0.326 e. The molecule has 0 radical (unpaired) electrons. The number of hydrogen-bond acceptors (Lipinski definition) is 4. The Morgan fingerprint density at radius 2 is 1.62 bits per heavy atom. The van der Waals surface area contributed by atoms with Gasteiger partial charge in [0.15, 0.2) is 0 Å². The van der Waals surface area contributed by atoms with E-state index in [0.717, 1.165) is 6.07 Å². The van der Waals surface area contributed by atoms with Crippen LogP contribution in [-0.4, -0.2) is 27.5 Å². The molecule has 3 aromatic rings. The smallest absolute Gasteiger partial charge is 0.326 e. The lowest BCUT2D eigenvalue weighted by Gasteiger charge is -2.30. The average molecular weight is 465 g/mol. The van der Waals surface area contributed by atoms with Crippen molar-refractivity contribution in [3.8, 4) is 5.69 Å². The largest absolute Gasteiger partial charge is 0.425 e. The van der Waals surface area contributed by atoms with Crippen LogP contribution < -0.4 is 21.9 Å². The molecule has 0 saturated carbocycles. The Bertz CT molecular complexity index is 1370. The summed E-state index contributed by atoms with van der Waals surface area (Å²) < 4.78 is 43.9. The summed E-state index contributed by atoms with van der Waals surface area (Å²) in [5.41, 5.74) is -7.74. The summed E-state index contributed by atoms with van der Waals surface area (Å²) in [5.74, 6) is -3.79. The summed E-state index contributed by atoms with van der Waals surface area (Å²) in [6, 6.07) is 12.7. The molecule has 4 rings (SSSR count). The molecule has 0 bridgehead atoms. The number of H-pyrrole nitrogens is 1. The molecule has 0 unspecified atom stereocenters. The van der Waals surface area contributed by atoms with E-state index in [9.17, 15) is 32.3 Å². The lowest BCUT2D eigenvalue weighted by molar-refractivity contribution is -0.196. The molecular weight excluding hydrogens is 453 g/mol. The summed E-state index contributed by atoms with van der Waals surface area (Å²) in [4.78, 5) is 52.2. The number of halogens is 4. The Morgan fingerprint density at radius 1 is 1.00 bits per heavy atom. The lowest BCUT2D eigenvalue weighted by atomic mass is 9.91. The highest BCUT2D eigenvalue weighted by Gasteiger charge is 2.68. The first-order valence-electron chi connectivity index (χ1n) is 8.98. The zero-order chi connectivity index (χ0) is 23.3. The van der Waals surface area contributed by atoms with Crippen LogP contribution in [0, 0.1) is 0 Å². The monoisotopic (exact) mass is 464 g/mol. The summed E-state index contributed by atoms with van der Waals surface area (Å²) in [6.45, 7) is 0. The predicted octanol–water partition coefficient (Wildman–Crippen LogP) is 2.32. The Hall–Kier alpha value is -3.86. The number of carbonyl (C=O) groups excluding carboxylic acids is 2. The van der Waals surface area contributed by atoms with Gasteiger partial charge in [-0.2, -0.15) is 13.2 Å². The van der Waals surface area contributed by atoms with Crippen LogP contribution in [0.25, 0.3) is 5.69 Å². The first-order valence-corrected chi connectivity index (χ1v) is 9.36. The molecule has 1 atom stereocenters. The molecule has 8 nitrogen and oxygen atoms in total. The third-order valence-corrected chi connectivity index (χ3v) is 5.25. The number of rotatable bonds is 3. The number of anilines is 1. The van der Waals surface area contributed by atoms with Crippen molar-refractivity contribution in [1.29, 1.82) is 0 Å². The highest BCUT2D eigenvalue weighted by atomic mass is 35.5. The van der Waals surface area contributed by atoms with E-state index in [4.69, 9.17) is 11.6 Å². The van der Waals surface area contributed by atoms with Gasteiger partial charge in [0.25, 0.3) is 22.9 Å². The first kappa shape index (κ1) is 21.4. The van der Waals surface area contributed by atoms with Crippen molar-refractivity contribution in [3.05, 3.63) is 91.6 Å². The first-order chi connectivity index (χ1) is 15.1. The van der Waals surface area contributed by atoms with E-state index in [1.54, 1.807) is 16.4 Å². The number of hydrogen-bond donors (Lipinski definition) is 3. The van der Waals surface area contributed by atoms with E-state index in [0.29, 0.717) is 4.57 Å². The summed E-state index contributed by atoms with van der Waals surface area (Å²) in [6.07, 6.45) is -5.45. The van der Waals surface area contributed by atoms with Crippen LogP contribution in [0.4, 0.5) is 19.0 Å². The van der Waals surface area contributed by atoms with Crippen LogP contribution in [-0.2, 0) is 10.3 Å². The molecule has 3 N–H and O–H groups in total. The number of aromatic amines is 1.